The SMILES string of the molecule is C#CC1(C)CO1. The first kappa shape index (κ1) is 3.70. The van der Waals surface area contributed by atoms with Crippen LogP contribution in [-0.4, -0.2) is 12.2 Å². The zero-order valence-corrected chi connectivity index (χ0v) is 3.69. The molecule has 0 radical (unpaired) electrons. The Bertz CT molecular complexity index is 95.0. The van der Waals surface area contributed by atoms with Crippen molar-refractivity contribution < 1.29 is 4.74 Å². The number of rotatable bonds is 0. The molecule has 32 valence electrons. The first-order valence-electron chi connectivity index (χ1n) is 1.89. The zero-order chi connectivity index (χ0) is 4.62. The van der Waals surface area contributed by atoms with Crippen LogP contribution in [0.15, 0.2) is 0 Å². The van der Waals surface area contributed by atoms with Crippen LogP contribution in [0.1, 0.15) is 6.92 Å². The first-order chi connectivity index (χ1) is 2.77. The average molecular weight is 82.1 g/mol. The van der Waals surface area contributed by atoms with E-state index in [4.69, 9.17) is 11.2 Å². The van der Waals surface area contributed by atoms with E-state index in [9.17, 15) is 0 Å². The molecule has 0 amide bonds. The molecule has 1 saturated heterocycles. The van der Waals surface area contributed by atoms with Crippen LogP contribution < -0.4 is 0 Å². The van der Waals surface area contributed by atoms with Crippen LogP contribution >= 0.6 is 0 Å². The van der Waals surface area contributed by atoms with Gasteiger partial charge in [0.2, 0.25) is 0 Å². The van der Waals surface area contributed by atoms with Gasteiger partial charge in [-0.15, -0.1) is 6.42 Å². The van der Waals surface area contributed by atoms with Crippen molar-refractivity contribution in [2.24, 2.45) is 0 Å². The van der Waals surface area contributed by atoms with E-state index in [-0.39, 0.29) is 5.60 Å². The summed E-state index contributed by atoms with van der Waals surface area (Å²) in [6.07, 6.45) is 4.99. The number of ether oxygens (including phenoxy) is 1. The lowest BCUT2D eigenvalue weighted by Crippen LogP contribution is -1.95. The van der Waals surface area contributed by atoms with Crippen molar-refractivity contribution in [3.8, 4) is 12.3 Å². The molecule has 0 aromatic carbocycles. The second kappa shape index (κ2) is 0.772. The summed E-state index contributed by atoms with van der Waals surface area (Å²) in [5.74, 6) is 2.49. The molecule has 1 nitrogen and oxygen atoms in total. The molecule has 0 N–H and O–H groups in total. The Labute approximate surface area is 37.3 Å². The summed E-state index contributed by atoms with van der Waals surface area (Å²) in [6, 6.07) is 0. The van der Waals surface area contributed by atoms with Crippen LogP contribution in [0.5, 0.6) is 0 Å². The predicted molar refractivity (Wildman–Crippen MR) is 23.2 cm³/mol. The highest BCUT2D eigenvalue weighted by atomic mass is 16.6. The molecule has 6 heavy (non-hydrogen) atoms. The summed E-state index contributed by atoms with van der Waals surface area (Å²) < 4.78 is 4.81. The Kier molecular flexibility index (Phi) is 0.476. The van der Waals surface area contributed by atoms with Crippen LogP contribution in [0.25, 0.3) is 0 Å². The Hall–Kier alpha value is -0.480. The molecule has 1 unspecified atom stereocenters. The maximum absolute atomic E-state index is 4.99. The Balaban J connectivity index is 2.54. The predicted octanol–water partition coefficient (Wildman–Crippen LogP) is 0.408. The van der Waals surface area contributed by atoms with Crippen LogP contribution in [0.4, 0.5) is 0 Å². The second-order valence-electron chi connectivity index (χ2n) is 1.66. The molecule has 0 aromatic rings. The van der Waals surface area contributed by atoms with Gasteiger partial charge in [0.1, 0.15) is 5.60 Å². The highest BCUT2D eigenvalue weighted by Gasteiger charge is 2.36. The number of terminal acetylenes is 1. The maximum Gasteiger partial charge on any atom is 0.148 e. The molecule has 0 aliphatic carbocycles. The van der Waals surface area contributed by atoms with E-state index in [0.717, 1.165) is 6.61 Å². The van der Waals surface area contributed by atoms with E-state index in [1.807, 2.05) is 6.92 Å². The third kappa shape index (κ3) is 0.395. The molecule has 0 bridgehead atoms. The molecule has 1 aliphatic heterocycles. The first-order valence-corrected chi connectivity index (χ1v) is 1.89. The number of hydrogen-bond acceptors (Lipinski definition) is 1. The van der Waals surface area contributed by atoms with Gasteiger partial charge >= 0.3 is 0 Å². The molecule has 1 atom stereocenters. The monoisotopic (exact) mass is 82.0 g/mol. The van der Waals surface area contributed by atoms with Crippen LogP contribution in [0, 0.1) is 12.3 Å². The van der Waals surface area contributed by atoms with Gasteiger partial charge in [-0.2, -0.15) is 0 Å². The molecule has 0 aromatic heterocycles. The standard InChI is InChI=1S/C5H6O/c1-3-5(2)4-6-5/h1H,4H2,2H3. The van der Waals surface area contributed by atoms with Gasteiger partial charge in [-0.3, -0.25) is 0 Å². The second-order valence-corrected chi connectivity index (χ2v) is 1.66. The fourth-order valence-corrected chi connectivity index (χ4v) is 0.192. The fraction of sp³-hybridized carbons (Fsp3) is 0.600. The van der Waals surface area contributed by atoms with Gasteiger partial charge in [-0.25, -0.2) is 0 Å². The average Bonchev–Trinajstić information content (AvgIpc) is 2.22. The quantitative estimate of drug-likeness (QED) is 0.304. The smallest absolute Gasteiger partial charge is 0.148 e. The topological polar surface area (TPSA) is 12.5 Å². The van der Waals surface area contributed by atoms with E-state index >= 15 is 0 Å². The molecule has 1 heterocycles. The summed E-state index contributed by atoms with van der Waals surface area (Å²) in [5.41, 5.74) is -0.181. The van der Waals surface area contributed by atoms with Crippen molar-refractivity contribution in [1.29, 1.82) is 0 Å². The Morgan fingerprint density at radius 1 is 2.00 bits per heavy atom. The lowest BCUT2D eigenvalue weighted by molar-refractivity contribution is 0.378. The number of epoxide rings is 1. The van der Waals surface area contributed by atoms with Crippen molar-refractivity contribution in [2.45, 2.75) is 12.5 Å². The summed E-state index contributed by atoms with van der Waals surface area (Å²) in [6.45, 7) is 2.64. The van der Waals surface area contributed by atoms with E-state index in [0.29, 0.717) is 0 Å². The summed E-state index contributed by atoms with van der Waals surface area (Å²) in [4.78, 5) is 0. The normalized spacial score (nSPS) is 41.3. The third-order valence-electron chi connectivity index (χ3n) is 0.883. The van der Waals surface area contributed by atoms with Gasteiger partial charge < -0.3 is 4.74 Å². The third-order valence-corrected chi connectivity index (χ3v) is 0.883. The van der Waals surface area contributed by atoms with Crippen molar-refractivity contribution >= 4 is 0 Å². The van der Waals surface area contributed by atoms with Gasteiger partial charge in [-0.05, 0) is 6.92 Å². The molecular weight excluding hydrogens is 76.1 g/mol. The van der Waals surface area contributed by atoms with Crippen LogP contribution in [0.2, 0.25) is 0 Å². The van der Waals surface area contributed by atoms with E-state index in [2.05, 4.69) is 5.92 Å². The Morgan fingerprint density at radius 3 is 2.50 bits per heavy atom. The molecule has 0 spiro atoms. The number of hydrogen-bond donors (Lipinski definition) is 0. The van der Waals surface area contributed by atoms with Gasteiger partial charge in [0, 0.05) is 0 Å². The molecular formula is C5H6O. The molecule has 0 saturated carbocycles. The minimum absolute atomic E-state index is 0.181. The van der Waals surface area contributed by atoms with Gasteiger partial charge in [0.15, 0.2) is 0 Å². The van der Waals surface area contributed by atoms with Crippen molar-refractivity contribution in [3.63, 3.8) is 0 Å². The lowest BCUT2D eigenvalue weighted by atomic mass is 10.2. The van der Waals surface area contributed by atoms with Crippen molar-refractivity contribution in [3.05, 3.63) is 0 Å². The highest BCUT2D eigenvalue weighted by Crippen LogP contribution is 2.23. The van der Waals surface area contributed by atoms with Crippen molar-refractivity contribution in [2.75, 3.05) is 6.61 Å². The summed E-state index contributed by atoms with van der Waals surface area (Å²) in [5, 5.41) is 0. The van der Waals surface area contributed by atoms with Crippen LogP contribution in [0.3, 0.4) is 0 Å². The highest BCUT2D eigenvalue weighted by molar-refractivity contribution is 5.13. The lowest BCUT2D eigenvalue weighted by Gasteiger charge is -1.82. The largest absolute Gasteiger partial charge is 0.356 e. The van der Waals surface area contributed by atoms with E-state index < -0.39 is 0 Å². The van der Waals surface area contributed by atoms with Gasteiger partial charge in [0.25, 0.3) is 0 Å². The summed E-state index contributed by atoms with van der Waals surface area (Å²) in [7, 11) is 0. The minimum atomic E-state index is -0.181. The maximum atomic E-state index is 4.99. The molecule has 1 fully saturated rings. The van der Waals surface area contributed by atoms with Crippen LogP contribution in [-0.2, 0) is 4.74 Å². The molecule has 1 heteroatoms. The van der Waals surface area contributed by atoms with E-state index in [1.54, 1.807) is 0 Å². The van der Waals surface area contributed by atoms with Crippen molar-refractivity contribution in [1.82, 2.24) is 0 Å². The zero-order valence-electron chi connectivity index (χ0n) is 3.69. The summed E-state index contributed by atoms with van der Waals surface area (Å²) >= 11 is 0. The molecule has 1 aliphatic rings. The molecule has 1 rings (SSSR count). The van der Waals surface area contributed by atoms with Gasteiger partial charge in [-0.1, -0.05) is 5.92 Å². The van der Waals surface area contributed by atoms with Gasteiger partial charge in [0.05, 0.1) is 6.61 Å². The fourth-order valence-electron chi connectivity index (χ4n) is 0.192. The Morgan fingerprint density at radius 2 is 2.50 bits per heavy atom. The van der Waals surface area contributed by atoms with E-state index in [1.165, 1.54) is 0 Å². The minimum Gasteiger partial charge on any atom is -0.356 e.